The highest BCUT2D eigenvalue weighted by Gasteiger charge is 2.39. The van der Waals surface area contributed by atoms with E-state index in [0.717, 1.165) is 36.5 Å². The van der Waals surface area contributed by atoms with Crippen molar-refractivity contribution in [3.63, 3.8) is 0 Å². The third-order valence-corrected chi connectivity index (χ3v) is 7.45. The molecule has 3 aliphatic carbocycles. The highest BCUT2D eigenvalue weighted by atomic mass is 19.4. The Bertz CT molecular complexity index is 423. The Kier molecular flexibility index (Phi) is 6.55. The van der Waals surface area contributed by atoms with Crippen LogP contribution in [0.15, 0.2) is 12.2 Å². The number of hydrogen-bond donors (Lipinski definition) is 0. The predicted octanol–water partition coefficient (Wildman–Crippen LogP) is 7.54. The van der Waals surface area contributed by atoms with E-state index in [1.54, 1.807) is 0 Å². The molecule has 0 aromatic rings. The van der Waals surface area contributed by atoms with Gasteiger partial charge in [0, 0.05) is 0 Å². The fourth-order valence-electron chi connectivity index (χ4n) is 5.55. The van der Waals surface area contributed by atoms with Crippen molar-refractivity contribution < 1.29 is 13.2 Å². The second-order valence-electron chi connectivity index (χ2n) is 9.25. The summed E-state index contributed by atoms with van der Waals surface area (Å²) in [5, 5.41) is 0. The van der Waals surface area contributed by atoms with Crippen LogP contribution < -0.4 is 0 Å². The molecule has 25 heavy (non-hydrogen) atoms. The van der Waals surface area contributed by atoms with Crippen LogP contribution >= 0.6 is 0 Å². The number of halogens is 3. The van der Waals surface area contributed by atoms with Gasteiger partial charge < -0.3 is 0 Å². The molecule has 0 heterocycles. The minimum atomic E-state index is -4.04. The Labute approximate surface area is 151 Å². The van der Waals surface area contributed by atoms with Crippen molar-refractivity contribution in [2.45, 2.75) is 90.1 Å². The lowest BCUT2D eigenvalue weighted by atomic mass is 9.68. The Morgan fingerprint density at radius 2 is 1.32 bits per heavy atom. The number of alkyl halides is 3. The fraction of sp³-hybridized carbons (Fsp3) is 0.909. The van der Waals surface area contributed by atoms with Crippen LogP contribution in [0, 0.1) is 35.5 Å². The maximum atomic E-state index is 12.7. The van der Waals surface area contributed by atoms with Gasteiger partial charge in [0.1, 0.15) is 0 Å². The molecule has 2 atom stereocenters. The molecule has 2 fully saturated rings. The summed E-state index contributed by atoms with van der Waals surface area (Å²) in [6.45, 7) is 2.39. The normalized spacial score (nSPS) is 40.2. The topological polar surface area (TPSA) is 0 Å². The summed E-state index contributed by atoms with van der Waals surface area (Å²) in [4.78, 5) is 0. The van der Waals surface area contributed by atoms with Crippen molar-refractivity contribution in [3.8, 4) is 0 Å². The molecule has 144 valence electrons. The van der Waals surface area contributed by atoms with Gasteiger partial charge in [-0.25, -0.2) is 0 Å². The number of hydrogen-bond acceptors (Lipinski definition) is 0. The summed E-state index contributed by atoms with van der Waals surface area (Å²) >= 11 is 0. The van der Waals surface area contributed by atoms with Gasteiger partial charge in [-0.3, -0.25) is 0 Å². The van der Waals surface area contributed by atoms with Crippen molar-refractivity contribution >= 4 is 0 Å². The van der Waals surface area contributed by atoms with Gasteiger partial charge in [0.25, 0.3) is 0 Å². The predicted molar refractivity (Wildman–Crippen MR) is 97.2 cm³/mol. The van der Waals surface area contributed by atoms with Crippen LogP contribution in [0.4, 0.5) is 13.2 Å². The van der Waals surface area contributed by atoms with Crippen LogP contribution in [0.25, 0.3) is 0 Å². The lowest BCUT2D eigenvalue weighted by Gasteiger charge is -2.37. The number of rotatable bonds is 4. The fourth-order valence-corrected chi connectivity index (χ4v) is 5.55. The van der Waals surface area contributed by atoms with E-state index < -0.39 is 12.1 Å². The molecule has 3 heteroatoms. The Hall–Kier alpha value is -0.470. The van der Waals surface area contributed by atoms with Crippen LogP contribution in [0.5, 0.6) is 0 Å². The van der Waals surface area contributed by atoms with E-state index in [-0.39, 0.29) is 6.42 Å². The van der Waals surface area contributed by atoms with E-state index in [4.69, 9.17) is 0 Å². The molecule has 0 radical (unpaired) electrons. The third kappa shape index (κ3) is 5.50. The highest BCUT2D eigenvalue weighted by molar-refractivity contribution is 5.00. The summed E-state index contributed by atoms with van der Waals surface area (Å²) in [5.41, 5.74) is 0. The highest BCUT2D eigenvalue weighted by Crippen LogP contribution is 2.43. The zero-order valence-electron chi connectivity index (χ0n) is 15.7. The van der Waals surface area contributed by atoms with Gasteiger partial charge >= 0.3 is 6.18 Å². The van der Waals surface area contributed by atoms with E-state index in [2.05, 4.69) is 6.92 Å². The Morgan fingerprint density at radius 1 is 0.720 bits per heavy atom. The SMILES string of the molecule is CC1CCC(C2CCC(CCC3C=CC(C(F)(F)F)CC3)CC2)CC1. The molecule has 0 aromatic heterocycles. The first-order chi connectivity index (χ1) is 11.9. The zero-order chi connectivity index (χ0) is 17.9. The van der Waals surface area contributed by atoms with Crippen LogP contribution in [0.3, 0.4) is 0 Å². The Balaban J connectivity index is 1.35. The lowest BCUT2D eigenvalue weighted by Crippen LogP contribution is -2.26. The van der Waals surface area contributed by atoms with Crippen molar-refractivity contribution in [1.82, 2.24) is 0 Å². The summed E-state index contributed by atoms with van der Waals surface area (Å²) in [6, 6.07) is 0. The van der Waals surface area contributed by atoms with Gasteiger partial charge in [-0.05, 0) is 81.0 Å². The van der Waals surface area contributed by atoms with Crippen LogP contribution in [-0.4, -0.2) is 6.18 Å². The van der Waals surface area contributed by atoms with Crippen molar-refractivity contribution in [1.29, 1.82) is 0 Å². The summed E-state index contributed by atoms with van der Waals surface area (Å²) in [7, 11) is 0. The van der Waals surface area contributed by atoms with Gasteiger partial charge in [-0.2, -0.15) is 13.2 Å². The molecular weight excluding hydrogens is 321 g/mol. The van der Waals surface area contributed by atoms with Crippen LogP contribution in [-0.2, 0) is 0 Å². The molecule has 0 bridgehead atoms. The molecule has 2 saturated carbocycles. The second kappa shape index (κ2) is 8.48. The van der Waals surface area contributed by atoms with Crippen LogP contribution in [0.1, 0.15) is 84.0 Å². The average Bonchev–Trinajstić information content (AvgIpc) is 2.61. The molecule has 2 unspecified atom stereocenters. The van der Waals surface area contributed by atoms with Crippen molar-refractivity contribution in [2.24, 2.45) is 35.5 Å². The first-order valence-electron chi connectivity index (χ1n) is 10.7. The van der Waals surface area contributed by atoms with E-state index in [9.17, 15) is 13.2 Å². The molecular formula is C22H35F3. The van der Waals surface area contributed by atoms with Crippen LogP contribution in [0.2, 0.25) is 0 Å². The van der Waals surface area contributed by atoms with Gasteiger partial charge in [-0.15, -0.1) is 0 Å². The third-order valence-electron chi connectivity index (χ3n) is 7.45. The van der Waals surface area contributed by atoms with Gasteiger partial charge in [0.05, 0.1) is 5.92 Å². The van der Waals surface area contributed by atoms with E-state index in [0.29, 0.717) is 5.92 Å². The minimum absolute atomic E-state index is 0.289. The van der Waals surface area contributed by atoms with Gasteiger partial charge in [-0.1, -0.05) is 44.8 Å². The van der Waals surface area contributed by atoms with Crippen molar-refractivity contribution in [3.05, 3.63) is 12.2 Å². The molecule has 3 aliphatic rings. The number of allylic oxidation sites excluding steroid dienone is 2. The largest absolute Gasteiger partial charge is 0.395 e. The first-order valence-corrected chi connectivity index (χ1v) is 10.7. The summed E-state index contributed by atoms with van der Waals surface area (Å²) in [6.07, 6.45) is 13.8. The van der Waals surface area contributed by atoms with E-state index in [1.165, 1.54) is 63.9 Å². The lowest BCUT2D eigenvalue weighted by molar-refractivity contribution is -0.164. The first kappa shape index (κ1) is 19.3. The zero-order valence-corrected chi connectivity index (χ0v) is 15.7. The molecule has 0 nitrogen and oxygen atoms in total. The summed E-state index contributed by atoms with van der Waals surface area (Å²) < 4.78 is 38.1. The Morgan fingerprint density at radius 3 is 1.84 bits per heavy atom. The van der Waals surface area contributed by atoms with Crippen molar-refractivity contribution in [2.75, 3.05) is 0 Å². The molecule has 0 saturated heterocycles. The molecule has 0 spiro atoms. The maximum absolute atomic E-state index is 12.7. The minimum Gasteiger partial charge on any atom is -0.170 e. The van der Waals surface area contributed by atoms with E-state index >= 15 is 0 Å². The molecule has 0 amide bonds. The molecule has 0 aromatic carbocycles. The average molecular weight is 357 g/mol. The standard InChI is InChI=1S/C22H35F3/c1-16-2-10-19(11-3-16)20-12-6-17(7-13-20)4-5-18-8-14-21(15-9-18)22(23,24)25/h8,14,16-21H,2-7,9-13,15H2,1H3. The molecule has 0 aliphatic heterocycles. The maximum Gasteiger partial charge on any atom is 0.395 e. The smallest absolute Gasteiger partial charge is 0.170 e. The molecule has 3 rings (SSSR count). The molecule has 0 N–H and O–H groups in total. The van der Waals surface area contributed by atoms with Gasteiger partial charge in [0.15, 0.2) is 0 Å². The van der Waals surface area contributed by atoms with E-state index in [1.807, 2.05) is 6.08 Å². The van der Waals surface area contributed by atoms with Gasteiger partial charge in [0.2, 0.25) is 0 Å². The quantitative estimate of drug-likeness (QED) is 0.456. The monoisotopic (exact) mass is 356 g/mol. The second-order valence-corrected chi connectivity index (χ2v) is 9.25. The summed E-state index contributed by atoms with van der Waals surface area (Å²) in [5.74, 6) is 2.90.